The highest BCUT2D eigenvalue weighted by atomic mass is 32.2. The van der Waals surface area contributed by atoms with Crippen molar-refractivity contribution >= 4 is 15.7 Å². The number of nitrogens with zero attached hydrogens (tertiary/aromatic N) is 3. The topological polar surface area (TPSA) is 64.4 Å². The minimum absolute atomic E-state index is 0.406. The zero-order valence-electron chi connectivity index (χ0n) is 15.9. The molecule has 4 rings (SSSR count). The molecule has 0 bridgehead atoms. The number of methoxy groups -OCH3 is 1. The molecule has 0 aliphatic carbocycles. The van der Waals surface area contributed by atoms with E-state index < -0.39 is 15.3 Å². The maximum absolute atomic E-state index is 13.1. The van der Waals surface area contributed by atoms with E-state index in [0.717, 1.165) is 16.9 Å². The molecule has 28 heavy (non-hydrogen) atoms. The van der Waals surface area contributed by atoms with Crippen molar-refractivity contribution in [3.8, 4) is 11.4 Å². The predicted octanol–water partition coefficient (Wildman–Crippen LogP) is 3.34. The molecule has 146 valence electrons. The van der Waals surface area contributed by atoms with Crippen LogP contribution in [-0.4, -0.2) is 36.9 Å². The van der Waals surface area contributed by atoms with Gasteiger partial charge in [0.25, 0.3) is 0 Å². The van der Waals surface area contributed by atoms with Gasteiger partial charge >= 0.3 is 0 Å². The molecular weight excluding hydrogens is 374 g/mol. The standard InChI is InChI=1S/C21H23N3O3S/c1-16-14-23(15-22-16)20-9-8-18(13-21(20)27-2)24-11-10-19(28(24,25)26)12-17-6-4-3-5-7-17/h3-9,13-15,19H,10-12H2,1-2H3. The number of hydrogen-bond donors (Lipinski definition) is 0. The Hall–Kier alpha value is -2.80. The van der Waals surface area contributed by atoms with Crippen LogP contribution in [0.5, 0.6) is 5.75 Å². The molecule has 3 aromatic rings. The molecule has 1 saturated heterocycles. The highest BCUT2D eigenvalue weighted by molar-refractivity contribution is 7.93. The first-order valence-corrected chi connectivity index (χ1v) is 10.7. The second-order valence-corrected chi connectivity index (χ2v) is 9.13. The van der Waals surface area contributed by atoms with Crippen molar-refractivity contribution in [2.75, 3.05) is 18.0 Å². The van der Waals surface area contributed by atoms with Crippen LogP contribution in [0.2, 0.25) is 0 Å². The van der Waals surface area contributed by atoms with E-state index >= 15 is 0 Å². The summed E-state index contributed by atoms with van der Waals surface area (Å²) in [6, 6.07) is 15.3. The van der Waals surface area contributed by atoms with E-state index in [0.29, 0.717) is 30.8 Å². The average Bonchev–Trinajstić information content (AvgIpc) is 3.25. The van der Waals surface area contributed by atoms with Gasteiger partial charge < -0.3 is 9.30 Å². The minimum atomic E-state index is -3.42. The third kappa shape index (κ3) is 3.38. The third-order valence-electron chi connectivity index (χ3n) is 5.13. The van der Waals surface area contributed by atoms with Crippen molar-refractivity contribution in [3.05, 3.63) is 72.3 Å². The summed E-state index contributed by atoms with van der Waals surface area (Å²) in [4.78, 5) is 4.24. The van der Waals surface area contributed by atoms with Crippen LogP contribution in [0, 0.1) is 6.92 Å². The molecule has 2 aromatic carbocycles. The number of rotatable bonds is 5. The molecule has 1 aromatic heterocycles. The number of ether oxygens (including phenoxy) is 1. The normalized spacial score (nSPS) is 18.4. The van der Waals surface area contributed by atoms with Crippen LogP contribution in [0.15, 0.2) is 61.1 Å². The molecule has 0 radical (unpaired) electrons. The van der Waals surface area contributed by atoms with Gasteiger partial charge in [-0.25, -0.2) is 13.4 Å². The number of benzene rings is 2. The van der Waals surface area contributed by atoms with Crippen molar-refractivity contribution < 1.29 is 13.2 Å². The quantitative estimate of drug-likeness (QED) is 0.662. The lowest BCUT2D eigenvalue weighted by Gasteiger charge is -2.21. The third-order valence-corrected chi connectivity index (χ3v) is 7.38. The largest absolute Gasteiger partial charge is 0.494 e. The summed E-state index contributed by atoms with van der Waals surface area (Å²) in [5, 5.41) is -0.406. The van der Waals surface area contributed by atoms with Gasteiger partial charge in [-0.1, -0.05) is 30.3 Å². The zero-order valence-corrected chi connectivity index (χ0v) is 16.8. The van der Waals surface area contributed by atoms with Crippen LogP contribution in [0.1, 0.15) is 17.7 Å². The fourth-order valence-electron chi connectivity index (χ4n) is 3.67. The number of sulfonamides is 1. The Morgan fingerprint density at radius 3 is 2.64 bits per heavy atom. The van der Waals surface area contributed by atoms with Crippen LogP contribution in [0.4, 0.5) is 5.69 Å². The molecule has 0 N–H and O–H groups in total. The van der Waals surface area contributed by atoms with E-state index in [-0.39, 0.29) is 0 Å². The van der Waals surface area contributed by atoms with E-state index in [4.69, 9.17) is 4.74 Å². The summed E-state index contributed by atoms with van der Waals surface area (Å²) in [7, 11) is -1.83. The van der Waals surface area contributed by atoms with E-state index in [1.807, 2.05) is 60.2 Å². The lowest BCUT2D eigenvalue weighted by atomic mass is 10.1. The number of aromatic nitrogens is 2. The number of aryl methyl sites for hydroxylation is 1. The summed E-state index contributed by atoms with van der Waals surface area (Å²) in [6.07, 6.45) is 4.76. The average molecular weight is 398 g/mol. The first-order chi connectivity index (χ1) is 13.5. The Balaban J connectivity index is 1.62. The summed E-state index contributed by atoms with van der Waals surface area (Å²) < 4.78 is 35.2. The van der Waals surface area contributed by atoms with E-state index in [2.05, 4.69) is 4.98 Å². The fraction of sp³-hybridized carbons (Fsp3) is 0.286. The van der Waals surface area contributed by atoms with E-state index in [1.165, 1.54) is 4.31 Å². The van der Waals surface area contributed by atoms with Gasteiger partial charge in [-0.05, 0) is 37.5 Å². The molecule has 1 aliphatic heterocycles. The van der Waals surface area contributed by atoms with Crippen molar-refractivity contribution in [3.63, 3.8) is 0 Å². The van der Waals surface area contributed by atoms with Crippen LogP contribution in [-0.2, 0) is 16.4 Å². The lowest BCUT2D eigenvalue weighted by Crippen LogP contribution is -2.30. The molecule has 6 nitrogen and oxygen atoms in total. The Morgan fingerprint density at radius 1 is 1.18 bits per heavy atom. The SMILES string of the molecule is COc1cc(N2CCC(Cc3ccccc3)S2(=O)=O)ccc1-n1cnc(C)c1. The van der Waals surface area contributed by atoms with Crippen LogP contribution < -0.4 is 9.04 Å². The van der Waals surface area contributed by atoms with Gasteiger partial charge in [0.1, 0.15) is 5.75 Å². The van der Waals surface area contributed by atoms with Gasteiger partial charge in [0.2, 0.25) is 10.0 Å². The highest BCUT2D eigenvalue weighted by Crippen LogP contribution is 2.35. The van der Waals surface area contributed by atoms with Crippen molar-refractivity contribution in [2.24, 2.45) is 0 Å². The first kappa shape index (κ1) is 18.6. The fourth-order valence-corrected chi connectivity index (χ4v) is 5.60. The van der Waals surface area contributed by atoms with Crippen LogP contribution in [0.25, 0.3) is 5.69 Å². The smallest absolute Gasteiger partial charge is 0.238 e. The molecular formula is C21H23N3O3S. The molecule has 0 saturated carbocycles. The van der Waals surface area contributed by atoms with Gasteiger partial charge in [0.15, 0.2) is 0 Å². The molecule has 1 unspecified atom stereocenters. The second kappa shape index (κ2) is 7.31. The van der Waals surface area contributed by atoms with E-state index in [9.17, 15) is 8.42 Å². The van der Waals surface area contributed by atoms with Crippen molar-refractivity contribution in [1.29, 1.82) is 0 Å². The van der Waals surface area contributed by atoms with Gasteiger partial charge in [-0.15, -0.1) is 0 Å². The Morgan fingerprint density at radius 2 is 1.96 bits per heavy atom. The molecule has 0 spiro atoms. The predicted molar refractivity (Wildman–Crippen MR) is 110 cm³/mol. The molecule has 1 atom stereocenters. The van der Waals surface area contributed by atoms with Crippen molar-refractivity contribution in [1.82, 2.24) is 9.55 Å². The number of imidazole rings is 1. The molecule has 0 amide bonds. The molecule has 2 heterocycles. The van der Waals surface area contributed by atoms with Gasteiger partial charge in [0, 0.05) is 18.8 Å². The monoisotopic (exact) mass is 397 g/mol. The lowest BCUT2D eigenvalue weighted by molar-refractivity contribution is 0.413. The first-order valence-electron chi connectivity index (χ1n) is 9.23. The maximum atomic E-state index is 13.1. The summed E-state index contributed by atoms with van der Waals surface area (Å²) in [5.74, 6) is 0.608. The Labute approximate surface area is 165 Å². The van der Waals surface area contributed by atoms with E-state index in [1.54, 1.807) is 19.5 Å². The summed E-state index contributed by atoms with van der Waals surface area (Å²) >= 11 is 0. The second-order valence-electron chi connectivity index (χ2n) is 7.00. The Bertz CT molecular complexity index is 1080. The highest BCUT2D eigenvalue weighted by Gasteiger charge is 2.39. The maximum Gasteiger partial charge on any atom is 0.238 e. The number of anilines is 1. The zero-order chi connectivity index (χ0) is 19.7. The van der Waals surface area contributed by atoms with Crippen LogP contribution >= 0.6 is 0 Å². The number of hydrogen-bond acceptors (Lipinski definition) is 4. The van der Waals surface area contributed by atoms with Gasteiger partial charge in [-0.3, -0.25) is 4.31 Å². The molecule has 7 heteroatoms. The van der Waals surface area contributed by atoms with Crippen molar-refractivity contribution in [2.45, 2.75) is 25.0 Å². The summed E-state index contributed by atoms with van der Waals surface area (Å²) in [5.41, 5.74) is 3.40. The minimum Gasteiger partial charge on any atom is -0.494 e. The van der Waals surface area contributed by atoms with Crippen LogP contribution in [0.3, 0.4) is 0 Å². The molecule has 1 fully saturated rings. The Kier molecular flexibility index (Phi) is 4.85. The summed E-state index contributed by atoms with van der Waals surface area (Å²) in [6.45, 7) is 2.40. The molecule has 1 aliphatic rings. The van der Waals surface area contributed by atoms with Gasteiger partial charge in [0.05, 0.1) is 35.8 Å². The van der Waals surface area contributed by atoms with Gasteiger partial charge in [-0.2, -0.15) is 0 Å².